The van der Waals surface area contributed by atoms with E-state index in [-0.39, 0.29) is 31.1 Å². The van der Waals surface area contributed by atoms with Crippen LogP contribution in [-0.4, -0.2) is 37.2 Å². The van der Waals surface area contributed by atoms with Gasteiger partial charge in [-0.15, -0.1) is 0 Å². The molecule has 83 heavy (non-hydrogen) atoms. The molecular formula is C77H148O6. The minimum Gasteiger partial charge on any atom is -0.462 e. The summed E-state index contributed by atoms with van der Waals surface area (Å²) >= 11 is 0. The number of ether oxygens (including phenoxy) is 3. The van der Waals surface area contributed by atoms with E-state index in [1.54, 1.807) is 0 Å². The molecule has 0 amide bonds. The summed E-state index contributed by atoms with van der Waals surface area (Å²) in [4.78, 5) is 38.6. The molecule has 0 saturated heterocycles. The fraction of sp³-hybridized carbons (Fsp3) is 0.935. The molecule has 0 bridgehead atoms. The number of hydrogen-bond donors (Lipinski definition) is 0. The lowest BCUT2D eigenvalue weighted by Crippen LogP contribution is -2.30. The van der Waals surface area contributed by atoms with E-state index >= 15 is 0 Å². The summed E-state index contributed by atoms with van der Waals surface area (Å²) in [6.45, 7) is 6.74. The van der Waals surface area contributed by atoms with Crippen LogP contribution in [-0.2, 0) is 28.6 Å². The quantitative estimate of drug-likeness (QED) is 0.0261. The maximum atomic E-state index is 13.0. The summed E-state index contributed by atoms with van der Waals surface area (Å²) in [6, 6.07) is 0. The molecule has 0 saturated carbocycles. The molecule has 0 radical (unpaired) electrons. The maximum Gasteiger partial charge on any atom is 0.306 e. The SMILES string of the molecule is CCCCCCCCC/C=C\CCCCCCCCCC(=O)OCC(COC(=O)CCCCCCCCCCCCCCCCCCCCCCCCCCCC)OC(=O)CCCCCCCCCCCCCCCCCCCCCCC. The van der Waals surface area contributed by atoms with Crippen molar-refractivity contribution in [2.45, 2.75) is 451 Å². The van der Waals surface area contributed by atoms with E-state index in [0.29, 0.717) is 19.3 Å². The number of hydrogen-bond acceptors (Lipinski definition) is 6. The molecule has 0 N–H and O–H groups in total. The number of carbonyl (C=O) groups is 3. The van der Waals surface area contributed by atoms with Gasteiger partial charge in [-0.25, -0.2) is 0 Å². The van der Waals surface area contributed by atoms with E-state index in [2.05, 4.69) is 32.9 Å². The second kappa shape index (κ2) is 72.6. The zero-order valence-corrected chi connectivity index (χ0v) is 56.8. The monoisotopic (exact) mass is 1170 g/mol. The molecule has 0 aromatic heterocycles. The van der Waals surface area contributed by atoms with Crippen LogP contribution in [0.2, 0.25) is 0 Å². The van der Waals surface area contributed by atoms with Gasteiger partial charge in [0, 0.05) is 19.3 Å². The fourth-order valence-corrected chi connectivity index (χ4v) is 12.0. The average molecular weight is 1170 g/mol. The maximum absolute atomic E-state index is 13.0. The molecule has 0 aromatic carbocycles. The van der Waals surface area contributed by atoms with Gasteiger partial charge >= 0.3 is 17.9 Å². The number of esters is 3. The van der Waals surface area contributed by atoms with E-state index in [1.165, 1.54) is 347 Å². The van der Waals surface area contributed by atoms with E-state index in [4.69, 9.17) is 14.2 Å². The lowest BCUT2D eigenvalue weighted by atomic mass is 10.0. The first-order valence-electron chi connectivity index (χ1n) is 38.2. The van der Waals surface area contributed by atoms with E-state index in [0.717, 1.165) is 57.8 Å². The topological polar surface area (TPSA) is 78.9 Å². The Bertz CT molecular complexity index is 1300. The van der Waals surface area contributed by atoms with Gasteiger partial charge in [0.2, 0.25) is 0 Å². The molecule has 0 aromatic rings. The summed E-state index contributed by atoms with van der Waals surface area (Å²) < 4.78 is 17.1. The lowest BCUT2D eigenvalue weighted by Gasteiger charge is -2.18. The molecule has 1 atom stereocenters. The van der Waals surface area contributed by atoms with Gasteiger partial charge in [0.1, 0.15) is 13.2 Å². The van der Waals surface area contributed by atoms with Crippen molar-refractivity contribution >= 4 is 17.9 Å². The molecule has 0 rings (SSSR count). The largest absolute Gasteiger partial charge is 0.462 e. The van der Waals surface area contributed by atoms with Crippen molar-refractivity contribution < 1.29 is 28.6 Å². The number of carbonyl (C=O) groups excluding carboxylic acids is 3. The highest BCUT2D eigenvalue weighted by Crippen LogP contribution is 2.20. The van der Waals surface area contributed by atoms with Gasteiger partial charge in [0.25, 0.3) is 0 Å². The number of rotatable bonds is 72. The van der Waals surface area contributed by atoms with Crippen molar-refractivity contribution in [3.05, 3.63) is 12.2 Å². The summed E-state index contributed by atoms with van der Waals surface area (Å²) in [6.07, 6.45) is 88.3. The molecular weight excluding hydrogens is 1020 g/mol. The third kappa shape index (κ3) is 70.8. The molecule has 492 valence electrons. The van der Waals surface area contributed by atoms with Crippen LogP contribution in [0.15, 0.2) is 12.2 Å². The Hall–Kier alpha value is -1.85. The van der Waals surface area contributed by atoms with Crippen LogP contribution in [0.5, 0.6) is 0 Å². The second-order valence-corrected chi connectivity index (χ2v) is 26.3. The minimum absolute atomic E-state index is 0.0639. The molecule has 0 aliphatic heterocycles. The average Bonchev–Trinajstić information content (AvgIpc) is 3.50. The Morgan fingerprint density at radius 1 is 0.229 bits per heavy atom. The molecule has 6 heteroatoms. The van der Waals surface area contributed by atoms with Crippen LogP contribution in [0.25, 0.3) is 0 Å². The smallest absolute Gasteiger partial charge is 0.306 e. The van der Waals surface area contributed by atoms with Gasteiger partial charge in [0.15, 0.2) is 6.10 Å². The van der Waals surface area contributed by atoms with Crippen LogP contribution in [0.4, 0.5) is 0 Å². The Morgan fingerprint density at radius 2 is 0.398 bits per heavy atom. The molecule has 0 fully saturated rings. The van der Waals surface area contributed by atoms with Crippen molar-refractivity contribution in [2.75, 3.05) is 13.2 Å². The van der Waals surface area contributed by atoms with Crippen molar-refractivity contribution in [2.24, 2.45) is 0 Å². The van der Waals surface area contributed by atoms with Crippen LogP contribution in [0, 0.1) is 0 Å². The molecule has 6 nitrogen and oxygen atoms in total. The van der Waals surface area contributed by atoms with Crippen LogP contribution >= 0.6 is 0 Å². The van der Waals surface area contributed by atoms with Gasteiger partial charge in [-0.3, -0.25) is 14.4 Å². The van der Waals surface area contributed by atoms with Gasteiger partial charge < -0.3 is 14.2 Å². The van der Waals surface area contributed by atoms with Gasteiger partial charge in [0.05, 0.1) is 0 Å². The van der Waals surface area contributed by atoms with E-state index in [1.807, 2.05) is 0 Å². The predicted molar refractivity (Wildman–Crippen MR) is 363 cm³/mol. The van der Waals surface area contributed by atoms with Crippen LogP contribution < -0.4 is 0 Å². The Kier molecular flexibility index (Phi) is 71.0. The summed E-state index contributed by atoms with van der Waals surface area (Å²) in [5, 5.41) is 0. The number of allylic oxidation sites excluding steroid dienone is 2. The predicted octanol–water partition coefficient (Wildman–Crippen LogP) is 26.3. The Labute approximate surface area is 520 Å². The summed E-state index contributed by atoms with van der Waals surface area (Å²) in [5.41, 5.74) is 0. The van der Waals surface area contributed by atoms with E-state index < -0.39 is 6.10 Å². The first-order valence-corrected chi connectivity index (χ1v) is 38.2. The molecule has 0 aliphatic rings. The zero-order valence-electron chi connectivity index (χ0n) is 56.8. The molecule has 1 unspecified atom stereocenters. The molecule has 0 aliphatic carbocycles. The summed E-state index contributed by atoms with van der Waals surface area (Å²) in [7, 11) is 0. The minimum atomic E-state index is -0.769. The highest BCUT2D eigenvalue weighted by atomic mass is 16.6. The van der Waals surface area contributed by atoms with Crippen molar-refractivity contribution in [3.8, 4) is 0 Å². The van der Waals surface area contributed by atoms with Crippen molar-refractivity contribution in [1.29, 1.82) is 0 Å². The van der Waals surface area contributed by atoms with Gasteiger partial charge in [-0.05, 0) is 44.9 Å². The van der Waals surface area contributed by atoms with Crippen LogP contribution in [0.3, 0.4) is 0 Å². The normalized spacial score (nSPS) is 12.0. The fourth-order valence-electron chi connectivity index (χ4n) is 12.0. The molecule has 0 spiro atoms. The summed E-state index contributed by atoms with van der Waals surface area (Å²) in [5.74, 6) is -0.827. The standard InChI is InChI=1S/C77H148O6/c1-4-7-10-13-16-19-22-25-28-31-34-36-37-38-39-40-42-43-46-49-52-55-58-61-64-67-70-76(79)82-73-74(72-81-75(78)69-66-63-60-57-54-51-48-45-33-30-27-24-21-18-15-12-9-6-3)83-77(80)71-68-65-62-59-56-53-50-47-44-41-35-32-29-26-23-20-17-14-11-8-5-2/h30,33,74H,4-29,31-32,34-73H2,1-3H3/b33-30-. The highest BCUT2D eigenvalue weighted by molar-refractivity contribution is 5.71. The van der Waals surface area contributed by atoms with Crippen molar-refractivity contribution in [3.63, 3.8) is 0 Å². The highest BCUT2D eigenvalue weighted by Gasteiger charge is 2.20. The lowest BCUT2D eigenvalue weighted by molar-refractivity contribution is -0.167. The van der Waals surface area contributed by atoms with Crippen molar-refractivity contribution in [1.82, 2.24) is 0 Å². The first-order chi connectivity index (χ1) is 41.0. The third-order valence-electron chi connectivity index (χ3n) is 17.8. The zero-order chi connectivity index (χ0) is 59.9. The van der Waals surface area contributed by atoms with Gasteiger partial charge in [-0.2, -0.15) is 0 Å². The Morgan fingerprint density at radius 3 is 0.602 bits per heavy atom. The molecule has 0 heterocycles. The van der Waals surface area contributed by atoms with Gasteiger partial charge in [-0.1, -0.05) is 392 Å². The Balaban J connectivity index is 4.25. The first kappa shape index (κ1) is 81.2. The van der Waals surface area contributed by atoms with E-state index in [9.17, 15) is 14.4 Å². The van der Waals surface area contributed by atoms with Crippen LogP contribution in [0.1, 0.15) is 445 Å². The number of unbranched alkanes of at least 4 members (excludes halogenated alkanes) is 59. The second-order valence-electron chi connectivity index (χ2n) is 26.3. The third-order valence-corrected chi connectivity index (χ3v) is 17.8.